The third-order valence-electron chi connectivity index (χ3n) is 2.55. The molecule has 0 spiro atoms. The number of rotatable bonds is 4. The third-order valence-corrected chi connectivity index (χ3v) is 3.20. The van der Waals surface area contributed by atoms with Gasteiger partial charge in [0.25, 0.3) is 5.69 Å². The van der Waals surface area contributed by atoms with Crippen molar-refractivity contribution < 1.29 is 14.1 Å². The fourth-order valence-corrected chi connectivity index (χ4v) is 1.82. The van der Waals surface area contributed by atoms with Crippen LogP contribution in [0.4, 0.5) is 5.69 Å². The van der Waals surface area contributed by atoms with Crippen LogP contribution in [0.5, 0.6) is 5.75 Å². The van der Waals surface area contributed by atoms with E-state index in [1.165, 1.54) is 12.1 Å². The zero-order chi connectivity index (χ0) is 14.0. The van der Waals surface area contributed by atoms with Gasteiger partial charge in [-0.25, -0.2) is 4.98 Å². The van der Waals surface area contributed by atoms with E-state index in [1.807, 2.05) is 13.8 Å². The number of nitro groups is 1. The van der Waals surface area contributed by atoms with Gasteiger partial charge in [0, 0.05) is 6.07 Å². The van der Waals surface area contributed by atoms with Crippen molar-refractivity contribution in [3.63, 3.8) is 0 Å². The molecule has 7 heteroatoms. The zero-order valence-corrected chi connectivity index (χ0v) is 11.9. The van der Waals surface area contributed by atoms with E-state index < -0.39 is 4.92 Å². The van der Waals surface area contributed by atoms with Crippen LogP contribution in [-0.2, 0) is 6.61 Å². The van der Waals surface area contributed by atoms with Crippen LogP contribution in [0.1, 0.15) is 17.3 Å². The minimum Gasteiger partial charge on any atom is -0.482 e. The SMILES string of the molecule is Cc1nc(COc2cc([N+](=O)[O-])ccc2Br)oc1C. The maximum atomic E-state index is 10.7. The highest BCUT2D eigenvalue weighted by atomic mass is 79.9. The average molecular weight is 327 g/mol. The summed E-state index contributed by atoms with van der Waals surface area (Å²) < 4.78 is 11.5. The van der Waals surface area contributed by atoms with E-state index in [2.05, 4.69) is 20.9 Å². The van der Waals surface area contributed by atoms with Crippen molar-refractivity contribution in [2.24, 2.45) is 0 Å². The Kier molecular flexibility index (Phi) is 3.84. The molecule has 0 radical (unpaired) electrons. The highest BCUT2D eigenvalue weighted by Gasteiger charge is 2.12. The number of ether oxygens (including phenoxy) is 1. The van der Waals surface area contributed by atoms with E-state index >= 15 is 0 Å². The van der Waals surface area contributed by atoms with Gasteiger partial charge in [-0.2, -0.15) is 0 Å². The molecule has 0 fully saturated rings. The predicted octanol–water partition coefficient (Wildman–Crippen LogP) is 3.54. The molecule has 100 valence electrons. The third kappa shape index (κ3) is 3.11. The van der Waals surface area contributed by atoms with E-state index in [1.54, 1.807) is 6.07 Å². The van der Waals surface area contributed by atoms with Crippen molar-refractivity contribution in [3.05, 3.63) is 50.1 Å². The van der Waals surface area contributed by atoms with Gasteiger partial charge in [-0.3, -0.25) is 10.1 Å². The molecule has 0 atom stereocenters. The van der Waals surface area contributed by atoms with Crippen LogP contribution in [0.2, 0.25) is 0 Å². The molecule has 2 aromatic rings. The summed E-state index contributed by atoms with van der Waals surface area (Å²) in [5.41, 5.74) is 0.773. The van der Waals surface area contributed by atoms with Crippen LogP contribution in [0.3, 0.4) is 0 Å². The van der Waals surface area contributed by atoms with Crippen molar-refractivity contribution in [1.29, 1.82) is 0 Å². The lowest BCUT2D eigenvalue weighted by molar-refractivity contribution is -0.385. The largest absolute Gasteiger partial charge is 0.482 e. The van der Waals surface area contributed by atoms with Crippen molar-refractivity contribution in [2.45, 2.75) is 20.5 Å². The minimum atomic E-state index is -0.473. The number of nitro benzene ring substituents is 1. The van der Waals surface area contributed by atoms with Gasteiger partial charge in [-0.15, -0.1) is 0 Å². The maximum absolute atomic E-state index is 10.7. The molecule has 0 unspecified atom stereocenters. The molecule has 0 N–H and O–H groups in total. The van der Waals surface area contributed by atoms with Gasteiger partial charge >= 0.3 is 0 Å². The van der Waals surface area contributed by atoms with Crippen LogP contribution in [0.15, 0.2) is 27.1 Å². The van der Waals surface area contributed by atoms with Gasteiger partial charge < -0.3 is 9.15 Å². The Morgan fingerprint density at radius 1 is 1.47 bits per heavy atom. The molecule has 0 saturated carbocycles. The van der Waals surface area contributed by atoms with Crippen LogP contribution in [0, 0.1) is 24.0 Å². The Labute approximate surface area is 117 Å². The number of aromatic nitrogens is 1. The Hall–Kier alpha value is -1.89. The van der Waals surface area contributed by atoms with Gasteiger partial charge in [0.05, 0.1) is 21.2 Å². The molecule has 1 aromatic carbocycles. The second kappa shape index (κ2) is 5.40. The maximum Gasteiger partial charge on any atom is 0.273 e. The Morgan fingerprint density at radius 2 is 2.21 bits per heavy atom. The summed E-state index contributed by atoms with van der Waals surface area (Å²) in [6, 6.07) is 4.32. The smallest absolute Gasteiger partial charge is 0.273 e. The Bertz CT molecular complexity index is 605. The molecule has 0 saturated heterocycles. The van der Waals surface area contributed by atoms with Gasteiger partial charge in [0.15, 0.2) is 6.61 Å². The number of hydrogen-bond acceptors (Lipinski definition) is 5. The van der Waals surface area contributed by atoms with E-state index in [9.17, 15) is 10.1 Å². The van der Waals surface area contributed by atoms with Crippen molar-refractivity contribution in [2.75, 3.05) is 0 Å². The summed E-state index contributed by atoms with van der Waals surface area (Å²) in [7, 11) is 0. The summed E-state index contributed by atoms with van der Waals surface area (Å²) in [5.74, 6) is 1.55. The molecule has 1 heterocycles. The topological polar surface area (TPSA) is 78.4 Å². The van der Waals surface area contributed by atoms with Crippen LogP contribution < -0.4 is 4.74 Å². The Morgan fingerprint density at radius 3 is 2.79 bits per heavy atom. The number of halogens is 1. The minimum absolute atomic E-state index is 0.0297. The van der Waals surface area contributed by atoms with Gasteiger partial charge in [0.2, 0.25) is 5.89 Å². The lowest BCUT2D eigenvalue weighted by Gasteiger charge is -2.05. The molecule has 1 aromatic heterocycles. The fraction of sp³-hybridized carbons (Fsp3) is 0.250. The molecule has 0 amide bonds. The molecule has 0 aliphatic carbocycles. The first kappa shape index (κ1) is 13.5. The molecule has 6 nitrogen and oxygen atoms in total. The van der Waals surface area contributed by atoms with E-state index in [0.29, 0.717) is 16.1 Å². The van der Waals surface area contributed by atoms with Crippen LogP contribution >= 0.6 is 15.9 Å². The van der Waals surface area contributed by atoms with Crippen molar-refractivity contribution in [1.82, 2.24) is 4.98 Å². The fourth-order valence-electron chi connectivity index (χ4n) is 1.46. The normalized spacial score (nSPS) is 10.5. The van der Waals surface area contributed by atoms with Crippen LogP contribution in [0.25, 0.3) is 0 Å². The quantitative estimate of drug-likeness (QED) is 0.634. The number of benzene rings is 1. The summed E-state index contributed by atoms with van der Waals surface area (Å²) >= 11 is 3.27. The van der Waals surface area contributed by atoms with Gasteiger partial charge in [-0.1, -0.05) is 0 Å². The van der Waals surface area contributed by atoms with E-state index in [4.69, 9.17) is 9.15 Å². The zero-order valence-electron chi connectivity index (χ0n) is 10.3. The van der Waals surface area contributed by atoms with E-state index in [0.717, 1.165) is 11.5 Å². The molecule has 0 aliphatic rings. The standard InChI is InChI=1S/C12H11BrN2O4/c1-7-8(2)19-12(14-7)6-18-11-5-9(15(16)17)3-4-10(11)13/h3-5H,6H2,1-2H3. The monoisotopic (exact) mass is 326 g/mol. The molecule has 19 heavy (non-hydrogen) atoms. The molecule has 2 rings (SSSR count). The number of aryl methyl sites for hydroxylation is 2. The molecule has 0 aliphatic heterocycles. The second-order valence-electron chi connectivity index (χ2n) is 3.91. The first-order valence-electron chi connectivity index (χ1n) is 5.47. The Balaban J connectivity index is 2.14. The lowest BCUT2D eigenvalue weighted by Crippen LogP contribution is -1.97. The summed E-state index contributed by atoms with van der Waals surface area (Å²) in [4.78, 5) is 14.4. The first-order valence-corrected chi connectivity index (χ1v) is 6.26. The highest BCUT2D eigenvalue weighted by molar-refractivity contribution is 9.10. The summed E-state index contributed by atoms with van der Waals surface area (Å²) in [6.07, 6.45) is 0. The van der Waals surface area contributed by atoms with Gasteiger partial charge in [-0.05, 0) is 35.8 Å². The lowest BCUT2D eigenvalue weighted by atomic mass is 10.3. The van der Waals surface area contributed by atoms with Crippen molar-refractivity contribution in [3.8, 4) is 5.75 Å². The van der Waals surface area contributed by atoms with Crippen LogP contribution in [-0.4, -0.2) is 9.91 Å². The van der Waals surface area contributed by atoms with Gasteiger partial charge in [0.1, 0.15) is 11.5 Å². The number of oxazole rings is 1. The van der Waals surface area contributed by atoms with E-state index in [-0.39, 0.29) is 12.3 Å². The molecule has 0 bridgehead atoms. The number of nitrogens with zero attached hydrogens (tertiary/aromatic N) is 2. The average Bonchev–Trinajstić information content (AvgIpc) is 2.67. The number of hydrogen-bond donors (Lipinski definition) is 0. The molecular weight excluding hydrogens is 316 g/mol. The highest BCUT2D eigenvalue weighted by Crippen LogP contribution is 2.29. The first-order chi connectivity index (χ1) is 8.97. The second-order valence-corrected chi connectivity index (χ2v) is 4.76. The predicted molar refractivity (Wildman–Crippen MR) is 71.1 cm³/mol. The van der Waals surface area contributed by atoms with Crippen molar-refractivity contribution >= 4 is 21.6 Å². The summed E-state index contributed by atoms with van der Waals surface area (Å²) in [5, 5.41) is 10.7. The number of non-ortho nitro benzene ring substituents is 1. The molecular formula is C12H11BrN2O4. The summed E-state index contributed by atoms with van der Waals surface area (Å²) in [6.45, 7) is 3.77.